The highest BCUT2D eigenvalue weighted by molar-refractivity contribution is 5.90. The van der Waals surface area contributed by atoms with Gasteiger partial charge in [-0.3, -0.25) is 9.63 Å². The van der Waals surface area contributed by atoms with Gasteiger partial charge < -0.3 is 9.84 Å². The molecule has 2 aromatic carbocycles. The summed E-state index contributed by atoms with van der Waals surface area (Å²) in [5.41, 5.74) is 2.52. The van der Waals surface area contributed by atoms with Gasteiger partial charge in [0.1, 0.15) is 12.4 Å². The molecule has 7 nitrogen and oxygen atoms in total. The van der Waals surface area contributed by atoms with E-state index in [9.17, 15) is 14.7 Å². The quantitative estimate of drug-likeness (QED) is 0.613. The van der Waals surface area contributed by atoms with Crippen LogP contribution in [0.2, 0.25) is 0 Å². The molecule has 0 aliphatic carbocycles. The van der Waals surface area contributed by atoms with Crippen LogP contribution in [0.5, 0.6) is 5.75 Å². The number of carboxylic acid groups (broad SMARTS) is 1. The van der Waals surface area contributed by atoms with Crippen molar-refractivity contribution in [2.45, 2.75) is 13.5 Å². The number of carbonyl (C=O) groups excluding carboxylic acids is 1. The zero-order chi connectivity index (χ0) is 20.8. The van der Waals surface area contributed by atoms with Crippen molar-refractivity contribution in [3.8, 4) is 17.0 Å². The summed E-state index contributed by atoms with van der Waals surface area (Å²) in [6, 6.07) is 19.4. The van der Waals surface area contributed by atoms with Crippen LogP contribution in [0.4, 0.5) is 5.69 Å². The number of anilines is 1. The van der Waals surface area contributed by atoms with Crippen LogP contribution in [0, 0.1) is 0 Å². The van der Waals surface area contributed by atoms with Gasteiger partial charge in [-0.25, -0.2) is 9.78 Å². The highest BCUT2D eigenvalue weighted by Crippen LogP contribution is 2.26. The highest BCUT2D eigenvalue weighted by Gasteiger charge is 2.15. The van der Waals surface area contributed by atoms with Crippen molar-refractivity contribution in [1.29, 1.82) is 0 Å². The van der Waals surface area contributed by atoms with E-state index in [0.29, 0.717) is 22.7 Å². The second-order valence-electron chi connectivity index (χ2n) is 6.20. The molecule has 0 aliphatic heterocycles. The van der Waals surface area contributed by atoms with E-state index in [1.54, 1.807) is 30.3 Å². The third-order valence-corrected chi connectivity index (χ3v) is 4.14. The molecule has 0 fully saturated rings. The molecular formula is C22H20N2O5. The summed E-state index contributed by atoms with van der Waals surface area (Å²) in [5, 5.41) is 10.4. The Kier molecular flexibility index (Phi) is 6.21. The first-order valence-corrected chi connectivity index (χ1v) is 8.85. The van der Waals surface area contributed by atoms with Crippen molar-refractivity contribution >= 4 is 17.6 Å². The van der Waals surface area contributed by atoms with Crippen LogP contribution < -0.4 is 9.80 Å². The summed E-state index contributed by atoms with van der Waals surface area (Å²) in [4.78, 5) is 33.1. The summed E-state index contributed by atoms with van der Waals surface area (Å²) in [6.45, 7) is 1.67. The molecule has 0 aliphatic rings. The van der Waals surface area contributed by atoms with Crippen molar-refractivity contribution in [2.24, 2.45) is 0 Å². The number of hydrogen-bond acceptors (Lipinski definition) is 5. The number of aromatic carboxylic acids is 1. The summed E-state index contributed by atoms with van der Waals surface area (Å²) in [7, 11) is 1.46. The highest BCUT2D eigenvalue weighted by atomic mass is 16.7. The zero-order valence-corrected chi connectivity index (χ0v) is 16.0. The number of carbonyl (C=O) groups is 2. The monoisotopic (exact) mass is 392 g/mol. The van der Waals surface area contributed by atoms with E-state index >= 15 is 0 Å². The minimum absolute atomic E-state index is 0.111. The summed E-state index contributed by atoms with van der Waals surface area (Å²) >= 11 is 0. The molecule has 1 amide bonds. The predicted molar refractivity (Wildman–Crippen MR) is 108 cm³/mol. The lowest BCUT2D eigenvalue weighted by Gasteiger charge is -2.20. The molecule has 3 aromatic rings. The fourth-order valence-electron chi connectivity index (χ4n) is 2.71. The molecule has 148 valence electrons. The van der Waals surface area contributed by atoms with Gasteiger partial charge in [0.15, 0.2) is 5.69 Å². The zero-order valence-electron chi connectivity index (χ0n) is 16.0. The first kappa shape index (κ1) is 20.0. The maximum atomic E-state index is 12.0. The Bertz CT molecular complexity index is 1000. The lowest BCUT2D eigenvalue weighted by molar-refractivity contribution is -0.124. The number of amides is 1. The lowest BCUT2D eigenvalue weighted by Crippen LogP contribution is -2.28. The van der Waals surface area contributed by atoms with Crippen molar-refractivity contribution in [2.75, 3.05) is 12.2 Å². The largest absolute Gasteiger partial charge is 0.497 e. The van der Waals surface area contributed by atoms with E-state index in [1.165, 1.54) is 25.2 Å². The van der Waals surface area contributed by atoms with Crippen LogP contribution in [-0.4, -0.2) is 29.1 Å². The lowest BCUT2D eigenvalue weighted by atomic mass is 10.1. The van der Waals surface area contributed by atoms with Gasteiger partial charge in [0, 0.05) is 24.6 Å². The summed E-state index contributed by atoms with van der Waals surface area (Å²) in [6.07, 6.45) is 0. The second kappa shape index (κ2) is 8.99. The fraction of sp³-hybridized carbons (Fsp3) is 0.136. The van der Waals surface area contributed by atoms with E-state index in [-0.39, 0.29) is 18.2 Å². The molecule has 7 heteroatoms. The Morgan fingerprint density at radius 2 is 1.72 bits per heavy atom. The van der Waals surface area contributed by atoms with Crippen molar-refractivity contribution in [3.05, 3.63) is 78.0 Å². The standard InChI is InChI=1S/C22H20N2O5/c1-15(25)24(29-14-16-6-4-3-5-7-16)18-10-8-17(9-11-18)20-12-19(28-2)13-21(23-20)22(26)27/h3-13H,14H2,1-2H3,(H,26,27). The molecule has 0 radical (unpaired) electrons. The Morgan fingerprint density at radius 3 is 2.31 bits per heavy atom. The first-order valence-electron chi connectivity index (χ1n) is 8.85. The van der Waals surface area contributed by atoms with Crippen molar-refractivity contribution in [3.63, 3.8) is 0 Å². The second-order valence-corrected chi connectivity index (χ2v) is 6.20. The first-order chi connectivity index (χ1) is 14.0. The molecule has 0 atom stereocenters. The minimum Gasteiger partial charge on any atom is -0.497 e. The maximum Gasteiger partial charge on any atom is 0.354 e. The van der Waals surface area contributed by atoms with Crippen LogP contribution in [0.1, 0.15) is 23.0 Å². The molecule has 1 N–H and O–H groups in total. The third kappa shape index (κ3) is 4.97. The van der Waals surface area contributed by atoms with E-state index in [4.69, 9.17) is 9.57 Å². The normalized spacial score (nSPS) is 10.4. The number of hydrogen-bond donors (Lipinski definition) is 1. The van der Waals surface area contributed by atoms with Gasteiger partial charge in [-0.05, 0) is 17.7 Å². The molecular weight excluding hydrogens is 372 g/mol. The maximum absolute atomic E-state index is 12.0. The number of carboxylic acids is 1. The topological polar surface area (TPSA) is 89.0 Å². The summed E-state index contributed by atoms with van der Waals surface area (Å²) in [5.74, 6) is -1.01. The van der Waals surface area contributed by atoms with E-state index in [2.05, 4.69) is 4.98 Å². The molecule has 0 bridgehead atoms. The number of ether oxygens (including phenoxy) is 1. The minimum atomic E-state index is -1.14. The van der Waals surface area contributed by atoms with Crippen LogP contribution in [0.15, 0.2) is 66.7 Å². The van der Waals surface area contributed by atoms with Gasteiger partial charge in [0.25, 0.3) is 0 Å². The number of aromatic nitrogens is 1. The Labute approximate surface area is 168 Å². The Hall–Kier alpha value is -3.71. The SMILES string of the molecule is COc1cc(C(=O)O)nc(-c2ccc(N(OCc3ccccc3)C(C)=O)cc2)c1. The third-order valence-electron chi connectivity index (χ3n) is 4.14. The fourth-order valence-corrected chi connectivity index (χ4v) is 2.71. The number of methoxy groups -OCH3 is 1. The predicted octanol–water partition coefficient (Wildman–Crippen LogP) is 3.94. The van der Waals surface area contributed by atoms with Crippen LogP contribution in [0.3, 0.4) is 0 Å². The molecule has 0 saturated heterocycles. The van der Waals surface area contributed by atoms with E-state index in [0.717, 1.165) is 5.56 Å². The van der Waals surface area contributed by atoms with Gasteiger partial charge in [-0.1, -0.05) is 42.5 Å². The van der Waals surface area contributed by atoms with Gasteiger partial charge in [-0.15, -0.1) is 0 Å². The molecule has 29 heavy (non-hydrogen) atoms. The molecule has 1 heterocycles. The molecule has 3 rings (SSSR count). The number of hydroxylamine groups is 1. The van der Waals surface area contributed by atoms with Gasteiger partial charge in [-0.2, -0.15) is 5.06 Å². The number of nitrogens with zero attached hydrogens (tertiary/aromatic N) is 2. The van der Waals surface area contributed by atoms with Crippen LogP contribution in [-0.2, 0) is 16.2 Å². The van der Waals surface area contributed by atoms with Gasteiger partial charge >= 0.3 is 5.97 Å². The average Bonchev–Trinajstić information content (AvgIpc) is 2.74. The molecule has 1 aromatic heterocycles. The summed E-state index contributed by atoms with van der Waals surface area (Å²) < 4.78 is 5.16. The smallest absolute Gasteiger partial charge is 0.354 e. The number of pyridine rings is 1. The number of rotatable bonds is 7. The van der Waals surface area contributed by atoms with Crippen molar-refractivity contribution in [1.82, 2.24) is 4.98 Å². The van der Waals surface area contributed by atoms with E-state index in [1.807, 2.05) is 30.3 Å². The van der Waals surface area contributed by atoms with Crippen LogP contribution >= 0.6 is 0 Å². The Balaban J connectivity index is 1.83. The van der Waals surface area contributed by atoms with Gasteiger partial charge in [0.05, 0.1) is 18.5 Å². The van der Waals surface area contributed by atoms with Crippen LogP contribution in [0.25, 0.3) is 11.3 Å². The molecule has 0 saturated carbocycles. The van der Waals surface area contributed by atoms with E-state index < -0.39 is 5.97 Å². The Morgan fingerprint density at radius 1 is 1.03 bits per heavy atom. The molecule has 0 unspecified atom stereocenters. The molecule has 0 spiro atoms. The van der Waals surface area contributed by atoms with Gasteiger partial charge in [0.2, 0.25) is 5.91 Å². The average molecular weight is 392 g/mol. The number of benzene rings is 2. The van der Waals surface area contributed by atoms with Crippen molar-refractivity contribution < 1.29 is 24.3 Å².